The van der Waals surface area contributed by atoms with Crippen molar-refractivity contribution < 1.29 is 28.6 Å². The number of ether oxygens (including phenoxy) is 1. The highest BCUT2D eigenvalue weighted by atomic mass is 79.9. The summed E-state index contributed by atoms with van der Waals surface area (Å²) in [5.74, 6) is -2.71. The second kappa shape index (κ2) is 9.02. The smallest absolute Gasteiger partial charge is 0.341 e. The normalized spacial score (nSPS) is 15.4. The Labute approximate surface area is 191 Å². The summed E-state index contributed by atoms with van der Waals surface area (Å²) >= 11 is 11.7. The number of carbonyl (C=O) groups is 3. The van der Waals surface area contributed by atoms with Gasteiger partial charge in [0.05, 0.1) is 14.6 Å². The summed E-state index contributed by atoms with van der Waals surface area (Å²) in [5.41, 5.74) is 0.574. The van der Waals surface area contributed by atoms with E-state index in [-0.39, 0.29) is 16.4 Å². The van der Waals surface area contributed by atoms with E-state index in [1.165, 1.54) is 30.3 Å². The van der Waals surface area contributed by atoms with Gasteiger partial charge in [0.2, 0.25) is 0 Å². The van der Waals surface area contributed by atoms with Crippen molar-refractivity contribution in [3.63, 3.8) is 0 Å². The number of hydrogen-bond acceptors (Lipinski definition) is 5. The molecule has 2 amide bonds. The van der Waals surface area contributed by atoms with Crippen LogP contribution in [-0.2, 0) is 14.4 Å². The number of anilines is 1. The van der Waals surface area contributed by atoms with Crippen molar-refractivity contribution in [1.29, 1.82) is 0 Å². The summed E-state index contributed by atoms with van der Waals surface area (Å²) < 4.78 is 19.2. The number of carboxylic acids is 1. The van der Waals surface area contributed by atoms with E-state index in [1.807, 2.05) is 0 Å². The van der Waals surface area contributed by atoms with Crippen LogP contribution in [-0.4, -0.2) is 34.6 Å². The van der Waals surface area contributed by atoms with Gasteiger partial charge < -0.3 is 9.84 Å². The third-order valence-corrected chi connectivity index (χ3v) is 5.32. The first-order chi connectivity index (χ1) is 14.2. The molecule has 0 spiro atoms. The van der Waals surface area contributed by atoms with E-state index in [4.69, 9.17) is 22.1 Å². The van der Waals surface area contributed by atoms with Gasteiger partial charge in [0.1, 0.15) is 17.1 Å². The van der Waals surface area contributed by atoms with Gasteiger partial charge in [-0.15, -0.1) is 0 Å². The molecule has 0 unspecified atom stereocenters. The zero-order valence-electron chi connectivity index (χ0n) is 14.8. The molecule has 1 aliphatic rings. The Hall–Kier alpha value is -2.63. The fourth-order valence-corrected chi connectivity index (χ4v) is 4.32. The number of hydrogen-bond donors (Lipinski definition) is 2. The van der Waals surface area contributed by atoms with Gasteiger partial charge in [-0.25, -0.2) is 9.18 Å². The standard InChI is InChI=1S/C19H11Br2FN2O5S/c20-13-6-9(7-14(21)16(13)29-8-15(25)26)5-12-17(27)23-19(30)24(18(12)28)11-3-1-10(22)2-4-11/h1-7H,8H2,(H,25,26)(H,23,27,30). The fourth-order valence-electron chi connectivity index (χ4n) is 2.58. The molecule has 1 saturated heterocycles. The highest BCUT2D eigenvalue weighted by Crippen LogP contribution is 2.35. The Kier molecular flexibility index (Phi) is 6.64. The lowest BCUT2D eigenvalue weighted by molar-refractivity contribution is -0.139. The number of halogens is 3. The van der Waals surface area contributed by atoms with Crippen molar-refractivity contribution in [1.82, 2.24) is 5.32 Å². The second-order valence-corrected chi connectivity index (χ2v) is 8.03. The van der Waals surface area contributed by atoms with E-state index in [0.717, 1.165) is 4.90 Å². The van der Waals surface area contributed by atoms with Crippen LogP contribution in [0.1, 0.15) is 5.56 Å². The van der Waals surface area contributed by atoms with Crippen LogP contribution in [0.3, 0.4) is 0 Å². The highest BCUT2D eigenvalue weighted by molar-refractivity contribution is 9.11. The van der Waals surface area contributed by atoms with Crippen molar-refractivity contribution in [2.45, 2.75) is 0 Å². The third-order valence-electron chi connectivity index (χ3n) is 3.86. The lowest BCUT2D eigenvalue weighted by Gasteiger charge is -2.28. The molecule has 0 atom stereocenters. The maximum atomic E-state index is 13.2. The van der Waals surface area contributed by atoms with Crippen molar-refractivity contribution in [2.24, 2.45) is 0 Å². The Morgan fingerprint density at radius 2 is 1.80 bits per heavy atom. The minimum absolute atomic E-state index is 0.117. The quantitative estimate of drug-likeness (QED) is 0.331. The van der Waals surface area contributed by atoms with Gasteiger partial charge in [-0.3, -0.25) is 19.8 Å². The molecule has 7 nitrogen and oxygen atoms in total. The predicted octanol–water partition coefficient (Wildman–Crippen LogP) is 3.65. The van der Waals surface area contributed by atoms with Crippen LogP contribution in [0.4, 0.5) is 10.1 Å². The fraction of sp³-hybridized carbons (Fsp3) is 0.0526. The predicted molar refractivity (Wildman–Crippen MR) is 118 cm³/mol. The number of carbonyl (C=O) groups excluding carboxylic acids is 2. The lowest BCUT2D eigenvalue weighted by Crippen LogP contribution is -2.54. The molecule has 2 N–H and O–H groups in total. The summed E-state index contributed by atoms with van der Waals surface area (Å²) in [6.45, 7) is -0.539. The average Bonchev–Trinajstić information content (AvgIpc) is 2.65. The number of aliphatic carboxylic acids is 1. The molecule has 30 heavy (non-hydrogen) atoms. The summed E-state index contributed by atoms with van der Waals surface area (Å²) in [6, 6.07) is 8.21. The first-order valence-corrected chi connectivity index (χ1v) is 10.2. The summed E-state index contributed by atoms with van der Waals surface area (Å²) in [5, 5.41) is 11.1. The molecule has 2 aromatic rings. The third kappa shape index (κ3) is 4.74. The van der Waals surface area contributed by atoms with E-state index >= 15 is 0 Å². The van der Waals surface area contributed by atoms with Crippen molar-refractivity contribution in [3.05, 3.63) is 62.3 Å². The molecule has 3 rings (SSSR count). The summed E-state index contributed by atoms with van der Waals surface area (Å²) in [7, 11) is 0. The zero-order chi connectivity index (χ0) is 22.0. The number of nitrogens with zero attached hydrogens (tertiary/aromatic N) is 1. The summed E-state index contributed by atoms with van der Waals surface area (Å²) in [6.07, 6.45) is 1.35. The van der Waals surface area contributed by atoms with E-state index < -0.39 is 30.2 Å². The molecule has 0 aromatic heterocycles. The number of amides is 2. The van der Waals surface area contributed by atoms with Crippen molar-refractivity contribution >= 4 is 78.7 Å². The average molecular weight is 558 g/mol. The SMILES string of the molecule is O=C(O)COc1c(Br)cc(C=C2C(=O)NC(=S)N(c3ccc(F)cc3)C2=O)cc1Br. The van der Waals surface area contributed by atoms with Gasteiger partial charge in [-0.1, -0.05) is 0 Å². The Balaban J connectivity index is 1.96. The minimum atomic E-state index is -1.14. The number of carboxylic acid groups (broad SMARTS) is 1. The van der Waals surface area contributed by atoms with Crippen LogP contribution < -0.4 is 15.0 Å². The van der Waals surface area contributed by atoms with E-state index in [2.05, 4.69) is 37.2 Å². The number of thiocarbonyl (C=S) groups is 1. The van der Waals surface area contributed by atoms with Crippen molar-refractivity contribution in [2.75, 3.05) is 11.5 Å². The molecule has 154 valence electrons. The molecule has 0 radical (unpaired) electrons. The maximum absolute atomic E-state index is 13.2. The molecular formula is C19H11Br2FN2O5S. The first kappa shape index (κ1) is 22.1. The minimum Gasteiger partial charge on any atom is -0.480 e. The zero-order valence-corrected chi connectivity index (χ0v) is 18.8. The molecule has 11 heteroatoms. The van der Waals surface area contributed by atoms with E-state index in [1.54, 1.807) is 12.1 Å². The van der Waals surface area contributed by atoms with Gasteiger partial charge in [0.15, 0.2) is 11.7 Å². The van der Waals surface area contributed by atoms with Crippen LogP contribution in [0.25, 0.3) is 6.08 Å². The van der Waals surface area contributed by atoms with Gasteiger partial charge in [0.25, 0.3) is 11.8 Å². The van der Waals surface area contributed by atoms with Crippen molar-refractivity contribution in [3.8, 4) is 5.75 Å². The molecular weight excluding hydrogens is 547 g/mol. The number of benzene rings is 2. The summed E-state index contributed by atoms with van der Waals surface area (Å²) in [4.78, 5) is 37.1. The Morgan fingerprint density at radius 3 is 2.37 bits per heavy atom. The van der Waals surface area contributed by atoms with E-state index in [0.29, 0.717) is 20.2 Å². The molecule has 0 bridgehead atoms. The van der Waals surface area contributed by atoms with Gasteiger partial charge in [-0.2, -0.15) is 0 Å². The molecule has 0 aliphatic carbocycles. The second-order valence-electron chi connectivity index (χ2n) is 5.93. The Morgan fingerprint density at radius 1 is 1.20 bits per heavy atom. The van der Waals surface area contributed by atoms with Crippen LogP contribution in [0, 0.1) is 5.82 Å². The van der Waals surface area contributed by atoms with Crippen LogP contribution >= 0.6 is 44.1 Å². The maximum Gasteiger partial charge on any atom is 0.341 e. The number of nitrogens with one attached hydrogen (secondary N) is 1. The van der Waals surface area contributed by atoms with Gasteiger partial charge >= 0.3 is 5.97 Å². The monoisotopic (exact) mass is 556 g/mol. The topological polar surface area (TPSA) is 95.9 Å². The molecule has 1 aliphatic heterocycles. The van der Waals surface area contributed by atoms with E-state index in [9.17, 15) is 18.8 Å². The largest absolute Gasteiger partial charge is 0.480 e. The first-order valence-electron chi connectivity index (χ1n) is 8.18. The molecule has 2 aromatic carbocycles. The lowest BCUT2D eigenvalue weighted by atomic mass is 10.1. The Bertz CT molecular complexity index is 1080. The molecule has 1 heterocycles. The molecule has 0 saturated carbocycles. The van der Waals surface area contributed by atoms with Gasteiger partial charge in [-0.05, 0) is 92.1 Å². The molecule has 1 fully saturated rings. The highest BCUT2D eigenvalue weighted by Gasteiger charge is 2.34. The van der Waals surface area contributed by atoms with Crippen LogP contribution in [0.15, 0.2) is 50.9 Å². The van der Waals surface area contributed by atoms with Crippen LogP contribution in [0.5, 0.6) is 5.75 Å². The van der Waals surface area contributed by atoms with Gasteiger partial charge in [0, 0.05) is 0 Å². The number of rotatable bonds is 5. The van der Waals surface area contributed by atoms with Crippen LogP contribution in [0.2, 0.25) is 0 Å².